The Morgan fingerprint density at radius 3 is 2.75 bits per heavy atom. The highest BCUT2D eigenvalue weighted by atomic mass is 35.5. The predicted molar refractivity (Wildman–Crippen MR) is 90.8 cm³/mol. The molecule has 2 aromatic carbocycles. The van der Waals surface area contributed by atoms with Gasteiger partial charge in [0, 0.05) is 10.9 Å². The van der Waals surface area contributed by atoms with Crippen molar-refractivity contribution in [2.45, 2.75) is 18.9 Å². The van der Waals surface area contributed by atoms with Crippen LogP contribution < -0.4 is 10.1 Å². The Morgan fingerprint density at radius 2 is 2.04 bits per heavy atom. The summed E-state index contributed by atoms with van der Waals surface area (Å²) in [5.74, 6) is -1.07. The number of aliphatic hydroxyl groups excluding tert-OH is 1. The summed E-state index contributed by atoms with van der Waals surface area (Å²) in [6, 6.07) is 13.0. The van der Waals surface area contributed by atoms with Crippen molar-refractivity contribution in [3.63, 3.8) is 0 Å². The van der Waals surface area contributed by atoms with Crippen LogP contribution in [0, 0.1) is 5.82 Å². The highest BCUT2D eigenvalue weighted by molar-refractivity contribution is 6.30. The third-order valence-electron chi connectivity index (χ3n) is 3.60. The number of carbonyl (C=O) groups excluding carboxylic acids is 1. The fourth-order valence-corrected chi connectivity index (χ4v) is 2.43. The first-order valence-corrected chi connectivity index (χ1v) is 7.95. The molecule has 0 saturated heterocycles. The van der Waals surface area contributed by atoms with Crippen LogP contribution >= 0.6 is 11.6 Å². The second-order valence-corrected chi connectivity index (χ2v) is 5.79. The molecule has 0 saturated carbocycles. The van der Waals surface area contributed by atoms with Crippen LogP contribution in [-0.4, -0.2) is 30.3 Å². The molecule has 0 aliphatic carbocycles. The number of amides is 1. The number of hydrogen-bond acceptors (Lipinski definition) is 3. The molecule has 2 unspecified atom stereocenters. The van der Waals surface area contributed by atoms with E-state index in [0.717, 1.165) is 0 Å². The normalized spacial score (nSPS) is 13.2. The largest absolute Gasteiger partial charge is 0.492 e. The van der Waals surface area contributed by atoms with Gasteiger partial charge in [0.25, 0.3) is 0 Å². The maximum Gasteiger partial charge on any atom is 0.249 e. The van der Waals surface area contributed by atoms with Gasteiger partial charge in [-0.05, 0) is 29.8 Å². The van der Waals surface area contributed by atoms with E-state index in [-0.39, 0.29) is 13.2 Å². The summed E-state index contributed by atoms with van der Waals surface area (Å²) in [5, 5.41) is 13.2. The van der Waals surface area contributed by atoms with Crippen LogP contribution in [0.3, 0.4) is 0 Å². The minimum Gasteiger partial charge on any atom is -0.492 e. The van der Waals surface area contributed by atoms with Gasteiger partial charge >= 0.3 is 0 Å². The molecule has 0 fully saturated rings. The molecule has 24 heavy (non-hydrogen) atoms. The standard InChI is InChI=1S/C18H19ClFNO3/c1-12(15-7-2-3-8-16(15)20)17(22)18(23)21-9-10-24-14-6-4-5-13(19)11-14/h2-8,11-12,17,22H,9-10H2,1H3,(H,21,23). The van der Waals surface area contributed by atoms with E-state index in [0.29, 0.717) is 16.3 Å². The maximum absolute atomic E-state index is 13.7. The topological polar surface area (TPSA) is 58.6 Å². The molecule has 2 rings (SSSR count). The Morgan fingerprint density at radius 1 is 1.29 bits per heavy atom. The lowest BCUT2D eigenvalue weighted by molar-refractivity contribution is -0.130. The van der Waals surface area contributed by atoms with E-state index in [4.69, 9.17) is 16.3 Å². The number of nitrogens with one attached hydrogen (secondary N) is 1. The molecule has 0 aromatic heterocycles. The van der Waals surface area contributed by atoms with Crippen molar-refractivity contribution in [2.75, 3.05) is 13.2 Å². The molecule has 2 atom stereocenters. The van der Waals surface area contributed by atoms with Crippen LogP contribution in [0.2, 0.25) is 5.02 Å². The van der Waals surface area contributed by atoms with Gasteiger partial charge in [0.2, 0.25) is 5.91 Å². The van der Waals surface area contributed by atoms with Gasteiger partial charge < -0.3 is 15.2 Å². The van der Waals surface area contributed by atoms with Crippen LogP contribution in [0.4, 0.5) is 4.39 Å². The molecule has 1 amide bonds. The highest BCUT2D eigenvalue weighted by Gasteiger charge is 2.25. The zero-order valence-electron chi connectivity index (χ0n) is 13.2. The van der Waals surface area contributed by atoms with Gasteiger partial charge in [0.15, 0.2) is 0 Å². The second kappa shape index (κ2) is 8.66. The van der Waals surface area contributed by atoms with E-state index >= 15 is 0 Å². The molecular weight excluding hydrogens is 333 g/mol. The van der Waals surface area contributed by atoms with Crippen LogP contribution in [0.25, 0.3) is 0 Å². The summed E-state index contributed by atoms with van der Waals surface area (Å²) in [7, 11) is 0. The first-order chi connectivity index (χ1) is 11.5. The van der Waals surface area contributed by atoms with Gasteiger partial charge in [-0.3, -0.25) is 4.79 Å². The first-order valence-electron chi connectivity index (χ1n) is 7.57. The molecule has 6 heteroatoms. The van der Waals surface area contributed by atoms with Crippen LogP contribution in [0.5, 0.6) is 5.75 Å². The fourth-order valence-electron chi connectivity index (χ4n) is 2.25. The number of halogens is 2. The van der Waals surface area contributed by atoms with Gasteiger partial charge in [-0.25, -0.2) is 4.39 Å². The van der Waals surface area contributed by atoms with Gasteiger partial charge in [0.05, 0.1) is 6.54 Å². The van der Waals surface area contributed by atoms with E-state index in [1.165, 1.54) is 6.07 Å². The minimum atomic E-state index is -1.34. The quantitative estimate of drug-likeness (QED) is 0.753. The minimum absolute atomic E-state index is 0.215. The smallest absolute Gasteiger partial charge is 0.249 e. The number of rotatable bonds is 7. The first kappa shape index (κ1) is 18.2. The monoisotopic (exact) mass is 351 g/mol. The predicted octanol–water partition coefficient (Wildman–Crippen LogP) is 3.14. The zero-order chi connectivity index (χ0) is 17.5. The maximum atomic E-state index is 13.7. The van der Waals surface area contributed by atoms with Gasteiger partial charge in [0.1, 0.15) is 24.3 Å². The van der Waals surface area contributed by atoms with Crippen LogP contribution in [-0.2, 0) is 4.79 Å². The van der Waals surface area contributed by atoms with E-state index in [9.17, 15) is 14.3 Å². The van der Waals surface area contributed by atoms with Crippen molar-refractivity contribution >= 4 is 17.5 Å². The number of hydrogen-bond donors (Lipinski definition) is 2. The summed E-state index contributed by atoms with van der Waals surface area (Å²) in [6.07, 6.45) is -1.34. The number of ether oxygens (including phenoxy) is 1. The van der Waals surface area contributed by atoms with Crippen molar-refractivity contribution in [1.82, 2.24) is 5.32 Å². The molecule has 4 nitrogen and oxygen atoms in total. The highest BCUT2D eigenvalue weighted by Crippen LogP contribution is 2.22. The Labute approximate surface area is 145 Å². The third-order valence-corrected chi connectivity index (χ3v) is 3.84. The lowest BCUT2D eigenvalue weighted by Crippen LogP contribution is -2.39. The Hall–Kier alpha value is -2.11. The van der Waals surface area contributed by atoms with Crippen molar-refractivity contribution in [1.29, 1.82) is 0 Å². The summed E-state index contributed by atoms with van der Waals surface area (Å²) < 4.78 is 19.2. The Kier molecular flexibility index (Phi) is 6.58. The van der Waals surface area contributed by atoms with Crippen molar-refractivity contribution in [2.24, 2.45) is 0 Å². The number of aliphatic hydroxyl groups is 1. The second-order valence-electron chi connectivity index (χ2n) is 5.35. The SMILES string of the molecule is CC(c1ccccc1F)C(O)C(=O)NCCOc1cccc(Cl)c1. The lowest BCUT2D eigenvalue weighted by Gasteiger charge is -2.19. The lowest BCUT2D eigenvalue weighted by atomic mass is 9.94. The molecule has 2 aromatic rings. The molecule has 0 bridgehead atoms. The van der Waals surface area contributed by atoms with Crippen molar-refractivity contribution in [3.05, 3.63) is 64.9 Å². The van der Waals surface area contributed by atoms with E-state index in [1.807, 2.05) is 0 Å². The van der Waals surface area contributed by atoms with E-state index in [2.05, 4.69) is 5.32 Å². The molecule has 0 spiro atoms. The number of carbonyl (C=O) groups is 1. The summed E-state index contributed by atoms with van der Waals surface area (Å²) >= 11 is 5.84. The fraction of sp³-hybridized carbons (Fsp3) is 0.278. The summed E-state index contributed by atoms with van der Waals surface area (Å²) in [4.78, 5) is 12.0. The molecule has 0 aliphatic rings. The number of benzene rings is 2. The van der Waals surface area contributed by atoms with Crippen LogP contribution in [0.15, 0.2) is 48.5 Å². The summed E-state index contributed by atoms with van der Waals surface area (Å²) in [5.41, 5.74) is 0.301. The molecule has 0 aliphatic heterocycles. The zero-order valence-corrected chi connectivity index (χ0v) is 14.0. The van der Waals surface area contributed by atoms with Crippen LogP contribution in [0.1, 0.15) is 18.4 Å². The molecule has 2 N–H and O–H groups in total. The molecular formula is C18H19ClFNO3. The average molecular weight is 352 g/mol. The summed E-state index contributed by atoms with van der Waals surface area (Å²) in [6.45, 7) is 2.05. The van der Waals surface area contributed by atoms with Crippen molar-refractivity contribution < 1.29 is 19.0 Å². The van der Waals surface area contributed by atoms with Gasteiger partial charge in [-0.2, -0.15) is 0 Å². The van der Waals surface area contributed by atoms with Crippen molar-refractivity contribution in [3.8, 4) is 5.75 Å². The third kappa shape index (κ3) is 4.94. The Balaban J connectivity index is 1.80. The van der Waals surface area contributed by atoms with E-state index < -0.39 is 23.7 Å². The van der Waals surface area contributed by atoms with E-state index in [1.54, 1.807) is 49.4 Å². The molecule has 0 heterocycles. The Bertz CT molecular complexity index is 695. The molecule has 0 radical (unpaired) electrons. The average Bonchev–Trinajstić information content (AvgIpc) is 2.58. The van der Waals surface area contributed by atoms with Gasteiger partial charge in [-0.1, -0.05) is 42.8 Å². The molecule has 128 valence electrons. The van der Waals surface area contributed by atoms with Gasteiger partial charge in [-0.15, -0.1) is 0 Å².